The van der Waals surface area contributed by atoms with Gasteiger partial charge in [-0.05, 0) is 42.5 Å². The van der Waals surface area contributed by atoms with Crippen molar-refractivity contribution in [3.63, 3.8) is 0 Å². The minimum atomic E-state index is -0.216. The Morgan fingerprint density at radius 3 is 2.67 bits per heavy atom. The number of aromatic amines is 1. The summed E-state index contributed by atoms with van der Waals surface area (Å²) in [4.78, 5) is 7.67. The van der Waals surface area contributed by atoms with Crippen molar-refractivity contribution in [2.75, 3.05) is 0 Å². The van der Waals surface area contributed by atoms with E-state index < -0.39 is 0 Å². The number of halogens is 1. The van der Waals surface area contributed by atoms with Gasteiger partial charge in [-0.15, -0.1) is 0 Å². The largest absolute Gasteiger partial charge is 0.347 e. The van der Waals surface area contributed by atoms with Gasteiger partial charge < -0.3 is 4.98 Å². The molecule has 3 rings (SSSR count). The minimum absolute atomic E-state index is 0.216. The highest BCUT2D eigenvalue weighted by Gasteiger charge is 2.24. The van der Waals surface area contributed by atoms with Crippen LogP contribution in [0.25, 0.3) is 0 Å². The number of H-pyrrole nitrogens is 1. The highest BCUT2D eigenvalue weighted by molar-refractivity contribution is 7.71. The predicted octanol–water partition coefficient (Wildman–Crippen LogP) is 3.75. The van der Waals surface area contributed by atoms with Crippen LogP contribution < -0.4 is 0 Å². The van der Waals surface area contributed by atoms with Crippen LogP contribution in [0.15, 0.2) is 30.3 Å². The Kier molecular flexibility index (Phi) is 2.96. The lowest BCUT2D eigenvalue weighted by atomic mass is 10.1. The third kappa shape index (κ3) is 2.64. The first-order valence-electron chi connectivity index (χ1n) is 6.05. The number of benzene rings is 1. The van der Waals surface area contributed by atoms with Gasteiger partial charge in [0.2, 0.25) is 0 Å². The number of nitrogens with zero attached hydrogens (tertiary/aromatic N) is 1. The summed E-state index contributed by atoms with van der Waals surface area (Å²) >= 11 is 5.18. The van der Waals surface area contributed by atoms with Crippen LogP contribution in [0.4, 0.5) is 4.39 Å². The Morgan fingerprint density at radius 2 is 2.00 bits per heavy atom. The summed E-state index contributed by atoms with van der Waals surface area (Å²) in [5, 5.41) is 0. The molecule has 1 aliphatic rings. The molecule has 0 unspecified atom stereocenters. The van der Waals surface area contributed by atoms with Crippen LogP contribution in [0.1, 0.15) is 35.8 Å². The van der Waals surface area contributed by atoms with Gasteiger partial charge in [0.05, 0.1) is 0 Å². The molecule has 0 radical (unpaired) electrons. The van der Waals surface area contributed by atoms with Gasteiger partial charge in [0.15, 0.2) is 0 Å². The first kappa shape index (κ1) is 11.5. The Bertz CT molecular complexity index is 614. The molecule has 1 aromatic heterocycles. The molecule has 0 bridgehead atoms. The van der Waals surface area contributed by atoms with Crippen molar-refractivity contribution >= 4 is 12.2 Å². The van der Waals surface area contributed by atoms with Crippen LogP contribution in [0, 0.1) is 10.5 Å². The van der Waals surface area contributed by atoms with Gasteiger partial charge in [0, 0.05) is 12.1 Å². The molecule has 18 heavy (non-hydrogen) atoms. The molecular weight excluding hydrogens is 247 g/mol. The van der Waals surface area contributed by atoms with Gasteiger partial charge in [-0.25, -0.2) is 9.37 Å². The van der Waals surface area contributed by atoms with Crippen molar-refractivity contribution in [2.45, 2.75) is 25.2 Å². The molecule has 4 heteroatoms. The molecule has 0 spiro atoms. The van der Waals surface area contributed by atoms with E-state index in [-0.39, 0.29) is 5.82 Å². The number of hydrogen-bond donors (Lipinski definition) is 1. The summed E-state index contributed by atoms with van der Waals surface area (Å²) in [6.45, 7) is 0. The molecule has 2 nitrogen and oxygen atoms in total. The molecule has 1 fully saturated rings. The van der Waals surface area contributed by atoms with Gasteiger partial charge >= 0.3 is 0 Å². The van der Waals surface area contributed by atoms with Gasteiger partial charge in [-0.2, -0.15) is 0 Å². The van der Waals surface area contributed by atoms with Gasteiger partial charge in [0.1, 0.15) is 16.3 Å². The van der Waals surface area contributed by atoms with Crippen molar-refractivity contribution in [3.05, 3.63) is 57.9 Å². The van der Waals surface area contributed by atoms with E-state index >= 15 is 0 Å². The fourth-order valence-corrected chi connectivity index (χ4v) is 2.26. The van der Waals surface area contributed by atoms with Crippen LogP contribution in [-0.2, 0) is 6.42 Å². The number of rotatable bonds is 3. The highest BCUT2D eigenvalue weighted by Crippen LogP contribution is 2.38. The fraction of sp³-hybridized carbons (Fsp3) is 0.286. The second-order valence-corrected chi connectivity index (χ2v) is 5.12. The first-order chi connectivity index (χ1) is 8.70. The van der Waals surface area contributed by atoms with Crippen molar-refractivity contribution in [1.29, 1.82) is 0 Å². The third-order valence-electron chi connectivity index (χ3n) is 3.11. The monoisotopic (exact) mass is 260 g/mol. The van der Waals surface area contributed by atoms with E-state index in [9.17, 15) is 4.39 Å². The smallest absolute Gasteiger partial charge is 0.130 e. The van der Waals surface area contributed by atoms with Crippen LogP contribution >= 0.6 is 12.2 Å². The zero-order valence-electron chi connectivity index (χ0n) is 9.82. The van der Waals surface area contributed by atoms with Gasteiger partial charge in [0.25, 0.3) is 0 Å². The summed E-state index contributed by atoms with van der Waals surface area (Å²) in [7, 11) is 0. The Hall–Kier alpha value is -1.55. The maximum absolute atomic E-state index is 12.8. The minimum Gasteiger partial charge on any atom is -0.347 e. The maximum Gasteiger partial charge on any atom is 0.130 e. The lowest BCUT2D eigenvalue weighted by Gasteiger charge is -2.05. The van der Waals surface area contributed by atoms with Crippen LogP contribution in [0.5, 0.6) is 0 Å². The fourth-order valence-electron chi connectivity index (χ4n) is 2.02. The molecule has 1 N–H and O–H groups in total. The zero-order chi connectivity index (χ0) is 12.5. The molecule has 1 aromatic carbocycles. The number of hydrogen-bond acceptors (Lipinski definition) is 2. The SMILES string of the molecule is Fc1ccc(Cc2nc(=S)cc(C3CC3)[nH]2)cc1. The summed E-state index contributed by atoms with van der Waals surface area (Å²) in [6, 6.07) is 8.43. The Labute approximate surface area is 110 Å². The van der Waals surface area contributed by atoms with E-state index in [1.54, 1.807) is 12.1 Å². The topological polar surface area (TPSA) is 28.7 Å². The highest BCUT2D eigenvalue weighted by atomic mass is 32.1. The molecule has 0 atom stereocenters. The summed E-state index contributed by atoms with van der Waals surface area (Å²) in [6.07, 6.45) is 3.11. The Morgan fingerprint density at radius 1 is 1.28 bits per heavy atom. The summed E-state index contributed by atoms with van der Waals surface area (Å²) < 4.78 is 13.5. The normalized spacial score (nSPS) is 14.7. The molecule has 92 valence electrons. The average molecular weight is 260 g/mol. The van der Waals surface area contributed by atoms with Crippen molar-refractivity contribution in [1.82, 2.24) is 9.97 Å². The molecule has 0 aliphatic heterocycles. The molecule has 1 aliphatic carbocycles. The summed E-state index contributed by atoms with van der Waals surface area (Å²) in [5.41, 5.74) is 2.22. The van der Waals surface area contributed by atoms with E-state index in [4.69, 9.17) is 12.2 Å². The average Bonchev–Trinajstić information content (AvgIpc) is 3.15. The van der Waals surface area contributed by atoms with Crippen LogP contribution in [0.3, 0.4) is 0 Å². The standard InChI is InChI=1S/C14H13FN2S/c15-11-5-1-9(2-6-11)7-13-16-12(10-3-4-10)8-14(18)17-13/h1-2,5-6,8,10H,3-4,7H2,(H,16,17,18). The quantitative estimate of drug-likeness (QED) is 0.851. The van der Waals surface area contributed by atoms with Crippen molar-refractivity contribution < 1.29 is 4.39 Å². The van der Waals surface area contributed by atoms with E-state index in [1.807, 2.05) is 6.07 Å². The number of nitrogens with one attached hydrogen (secondary N) is 1. The first-order valence-corrected chi connectivity index (χ1v) is 6.46. The lowest BCUT2D eigenvalue weighted by molar-refractivity contribution is 0.627. The van der Waals surface area contributed by atoms with E-state index in [1.165, 1.54) is 30.7 Å². The molecule has 0 amide bonds. The zero-order valence-corrected chi connectivity index (χ0v) is 10.6. The predicted molar refractivity (Wildman–Crippen MR) is 70.6 cm³/mol. The van der Waals surface area contributed by atoms with Crippen molar-refractivity contribution in [2.24, 2.45) is 0 Å². The van der Waals surface area contributed by atoms with E-state index in [0.29, 0.717) is 17.0 Å². The number of aromatic nitrogens is 2. The van der Waals surface area contributed by atoms with Crippen LogP contribution in [-0.4, -0.2) is 9.97 Å². The maximum atomic E-state index is 12.8. The molecule has 0 saturated heterocycles. The van der Waals surface area contributed by atoms with Crippen LogP contribution in [0.2, 0.25) is 0 Å². The second-order valence-electron chi connectivity index (χ2n) is 4.70. The third-order valence-corrected chi connectivity index (χ3v) is 3.32. The summed E-state index contributed by atoms with van der Waals surface area (Å²) in [5.74, 6) is 1.27. The molecule has 2 aromatic rings. The Balaban J connectivity index is 1.87. The lowest BCUT2D eigenvalue weighted by Crippen LogP contribution is -2.00. The molecule has 1 saturated carbocycles. The van der Waals surface area contributed by atoms with E-state index in [2.05, 4.69) is 9.97 Å². The van der Waals surface area contributed by atoms with Crippen molar-refractivity contribution in [3.8, 4) is 0 Å². The molecule has 1 heterocycles. The van der Waals surface area contributed by atoms with E-state index in [0.717, 1.165) is 11.4 Å². The second kappa shape index (κ2) is 4.61. The molecular formula is C14H13FN2S. The van der Waals surface area contributed by atoms with Gasteiger partial charge in [-0.1, -0.05) is 24.4 Å². The van der Waals surface area contributed by atoms with Gasteiger partial charge in [-0.3, -0.25) is 0 Å².